The first-order valence-electron chi connectivity index (χ1n) is 3.69. The molecular formula is C8H14N2. The van der Waals surface area contributed by atoms with Gasteiger partial charge in [0, 0.05) is 12.5 Å². The lowest BCUT2D eigenvalue weighted by molar-refractivity contribution is 0.466. The largest absolute Gasteiger partial charge is 0.271 e. The monoisotopic (exact) mass is 138 g/mol. The van der Waals surface area contributed by atoms with E-state index in [-0.39, 0.29) is 0 Å². The molecule has 0 spiro atoms. The summed E-state index contributed by atoms with van der Waals surface area (Å²) >= 11 is 0. The van der Waals surface area contributed by atoms with E-state index in [1.807, 2.05) is 0 Å². The van der Waals surface area contributed by atoms with Crippen molar-refractivity contribution in [2.45, 2.75) is 25.8 Å². The summed E-state index contributed by atoms with van der Waals surface area (Å²) in [5, 5.41) is 0. The van der Waals surface area contributed by atoms with E-state index in [0.717, 1.165) is 18.3 Å². The van der Waals surface area contributed by atoms with Crippen LogP contribution in [0.25, 0.3) is 0 Å². The molecule has 1 aliphatic carbocycles. The number of hydrazine groups is 1. The van der Waals surface area contributed by atoms with Crippen molar-refractivity contribution in [3.05, 3.63) is 0 Å². The summed E-state index contributed by atoms with van der Waals surface area (Å²) < 4.78 is 0. The molecular weight excluding hydrogens is 124 g/mol. The first kappa shape index (κ1) is 7.59. The molecule has 0 aromatic heterocycles. The van der Waals surface area contributed by atoms with Gasteiger partial charge >= 0.3 is 0 Å². The predicted molar refractivity (Wildman–Crippen MR) is 41.8 cm³/mol. The molecule has 0 aromatic carbocycles. The van der Waals surface area contributed by atoms with Gasteiger partial charge in [-0.2, -0.15) is 0 Å². The topological polar surface area (TPSA) is 38.0 Å². The Labute approximate surface area is 62.1 Å². The van der Waals surface area contributed by atoms with Crippen LogP contribution in [0.5, 0.6) is 0 Å². The molecule has 2 heteroatoms. The molecule has 0 amide bonds. The van der Waals surface area contributed by atoms with Gasteiger partial charge in [0.2, 0.25) is 0 Å². The van der Waals surface area contributed by atoms with Crippen LogP contribution in [0.1, 0.15) is 19.8 Å². The van der Waals surface area contributed by atoms with Crippen LogP contribution in [0.3, 0.4) is 0 Å². The van der Waals surface area contributed by atoms with E-state index in [9.17, 15) is 0 Å². The molecule has 56 valence electrons. The maximum absolute atomic E-state index is 5.32. The van der Waals surface area contributed by atoms with Crippen molar-refractivity contribution in [2.24, 2.45) is 17.7 Å². The molecule has 3 unspecified atom stereocenters. The lowest BCUT2D eigenvalue weighted by Gasteiger charge is -2.10. The third-order valence-electron chi connectivity index (χ3n) is 2.24. The van der Waals surface area contributed by atoms with Gasteiger partial charge in [0.15, 0.2) is 0 Å². The number of hydrogen-bond acceptors (Lipinski definition) is 2. The van der Waals surface area contributed by atoms with Gasteiger partial charge in [-0.25, -0.2) is 0 Å². The minimum Gasteiger partial charge on any atom is -0.271 e. The van der Waals surface area contributed by atoms with Gasteiger partial charge in [-0.3, -0.25) is 11.3 Å². The summed E-state index contributed by atoms with van der Waals surface area (Å²) in [7, 11) is 0. The standard InChI is InChI=1S/C8H14N2/c1-3-4-8(10-9)7-5-6(7)2/h1,6-8,10H,4-5,9H2,2H3. The Bertz CT molecular complexity index is 148. The maximum atomic E-state index is 5.32. The van der Waals surface area contributed by atoms with Crippen molar-refractivity contribution in [1.82, 2.24) is 5.43 Å². The first-order chi connectivity index (χ1) is 4.79. The van der Waals surface area contributed by atoms with Gasteiger partial charge in [-0.15, -0.1) is 12.3 Å². The molecule has 1 rings (SSSR count). The number of nitrogens with one attached hydrogen (secondary N) is 1. The number of rotatable bonds is 3. The first-order valence-corrected chi connectivity index (χ1v) is 3.69. The van der Waals surface area contributed by atoms with Crippen molar-refractivity contribution in [2.75, 3.05) is 0 Å². The molecule has 0 aromatic rings. The lowest BCUT2D eigenvalue weighted by Crippen LogP contribution is -2.36. The Hall–Kier alpha value is -0.520. The summed E-state index contributed by atoms with van der Waals surface area (Å²) in [6.45, 7) is 2.23. The fraction of sp³-hybridized carbons (Fsp3) is 0.750. The van der Waals surface area contributed by atoms with Gasteiger partial charge < -0.3 is 0 Å². The molecule has 1 aliphatic rings. The van der Waals surface area contributed by atoms with Crippen molar-refractivity contribution in [3.8, 4) is 12.3 Å². The molecule has 10 heavy (non-hydrogen) atoms. The van der Waals surface area contributed by atoms with E-state index in [2.05, 4.69) is 18.3 Å². The van der Waals surface area contributed by atoms with E-state index in [0.29, 0.717) is 6.04 Å². The van der Waals surface area contributed by atoms with Crippen LogP contribution in [0, 0.1) is 24.2 Å². The SMILES string of the molecule is C#CCC(NN)C1CC1C. The van der Waals surface area contributed by atoms with Crippen molar-refractivity contribution in [1.29, 1.82) is 0 Å². The summed E-state index contributed by atoms with van der Waals surface area (Å²) in [6, 6.07) is 0.347. The number of terminal acetylenes is 1. The average molecular weight is 138 g/mol. The zero-order chi connectivity index (χ0) is 7.56. The Kier molecular flexibility index (Phi) is 2.31. The van der Waals surface area contributed by atoms with Crippen molar-refractivity contribution in [3.63, 3.8) is 0 Å². The molecule has 0 radical (unpaired) electrons. The van der Waals surface area contributed by atoms with E-state index in [1.54, 1.807) is 0 Å². The lowest BCUT2D eigenvalue weighted by atomic mass is 10.1. The van der Waals surface area contributed by atoms with Crippen LogP contribution in [-0.2, 0) is 0 Å². The predicted octanol–water partition coefficient (Wildman–Crippen LogP) is 0.498. The molecule has 0 bridgehead atoms. The zero-order valence-electron chi connectivity index (χ0n) is 6.30. The van der Waals surface area contributed by atoms with E-state index in [4.69, 9.17) is 12.3 Å². The molecule has 3 atom stereocenters. The highest BCUT2D eigenvalue weighted by atomic mass is 15.2. The second-order valence-electron chi connectivity index (χ2n) is 3.06. The van der Waals surface area contributed by atoms with Gasteiger partial charge in [0.05, 0.1) is 0 Å². The molecule has 0 aliphatic heterocycles. The van der Waals surface area contributed by atoms with Crippen LogP contribution >= 0.6 is 0 Å². The van der Waals surface area contributed by atoms with Crippen LogP contribution in [-0.4, -0.2) is 6.04 Å². The van der Waals surface area contributed by atoms with Gasteiger partial charge in [-0.1, -0.05) is 6.92 Å². The molecule has 2 nitrogen and oxygen atoms in total. The Morgan fingerprint density at radius 1 is 1.90 bits per heavy atom. The maximum Gasteiger partial charge on any atom is 0.0350 e. The molecule has 0 saturated heterocycles. The molecule has 1 saturated carbocycles. The quantitative estimate of drug-likeness (QED) is 0.338. The second kappa shape index (κ2) is 3.05. The fourth-order valence-electron chi connectivity index (χ4n) is 1.37. The molecule has 0 heterocycles. The Morgan fingerprint density at radius 2 is 2.50 bits per heavy atom. The van der Waals surface area contributed by atoms with E-state index >= 15 is 0 Å². The van der Waals surface area contributed by atoms with Gasteiger partial charge in [0.25, 0.3) is 0 Å². The minimum absolute atomic E-state index is 0.347. The van der Waals surface area contributed by atoms with Crippen molar-refractivity contribution >= 4 is 0 Å². The van der Waals surface area contributed by atoms with Crippen LogP contribution in [0.15, 0.2) is 0 Å². The van der Waals surface area contributed by atoms with Crippen LogP contribution in [0.2, 0.25) is 0 Å². The summed E-state index contributed by atoms with van der Waals surface area (Å²) in [5.74, 6) is 9.47. The average Bonchev–Trinajstić information content (AvgIpc) is 2.62. The second-order valence-corrected chi connectivity index (χ2v) is 3.06. The zero-order valence-corrected chi connectivity index (χ0v) is 6.30. The summed E-state index contributed by atoms with van der Waals surface area (Å²) in [5.41, 5.74) is 2.75. The van der Waals surface area contributed by atoms with Crippen molar-refractivity contribution < 1.29 is 0 Å². The minimum atomic E-state index is 0.347. The Morgan fingerprint density at radius 3 is 2.80 bits per heavy atom. The van der Waals surface area contributed by atoms with E-state index in [1.165, 1.54) is 6.42 Å². The summed E-state index contributed by atoms with van der Waals surface area (Å²) in [4.78, 5) is 0. The number of hydrogen-bond donors (Lipinski definition) is 2. The van der Waals surface area contributed by atoms with Crippen LogP contribution in [0.4, 0.5) is 0 Å². The van der Waals surface area contributed by atoms with E-state index < -0.39 is 0 Å². The Balaban J connectivity index is 2.29. The smallest absolute Gasteiger partial charge is 0.0350 e. The van der Waals surface area contributed by atoms with Gasteiger partial charge in [-0.05, 0) is 18.3 Å². The third kappa shape index (κ3) is 1.50. The molecule has 3 N–H and O–H groups in total. The van der Waals surface area contributed by atoms with Crippen LogP contribution < -0.4 is 11.3 Å². The normalized spacial score (nSPS) is 32.9. The number of nitrogens with two attached hydrogens (primary N) is 1. The summed E-state index contributed by atoms with van der Waals surface area (Å²) in [6.07, 6.45) is 7.20. The highest BCUT2D eigenvalue weighted by Crippen LogP contribution is 2.41. The highest BCUT2D eigenvalue weighted by molar-refractivity contribution is 4.98. The highest BCUT2D eigenvalue weighted by Gasteiger charge is 2.38. The fourth-order valence-corrected chi connectivity index (χ4v) is 1.37. The molecule has 1 fully saturated rings. The third-order valence-corrected chi connectivity index (χ3v) is 2.24. The van der Waals surface area contributed by atoms with Gasteiger partial charge in [0.1, 0.15) is 0 Å².